The largest absolute Gasteiger partial charge is 0.445 e. The molecule has 0 aromatic carbocycles. The predicted octanol–water partition coefficient (Wildman–Crippen LogP) is 1.12. The standard InChI is InChI=1S/C12H20N2O3S/c1-9(2)13-5-3-12-14-7-11(17-12)10-4-6-18(15,16)8-10/h7,9-10,13H,3-6,8H2,1-2H3. The number of rotatable bonds is 5. The van der Waals surface area contributed by atoms with Gasteiger partial charge in [0.25, 0.3) is 0 Å². The number of hydrogen-bond acceptors (Lipinski definition) is 5. The molecule has 102 valence electrons. The van der Waals surface area contributed by atoms with Gasteiger partial charge in [-0.25, -0.2) is 13.4 Å². The van der Waals surface area contributed by atoms with Crippen molar-refractivity contribution >= 4 is 9.84 Å². The molecule has 1 aromatic rings. The Hall–Kier alpha value is -0.880. The summed E-state index contributed by atoms with van der Waals surface area (Å²) in [5, 5.41) is 3.29. The van der Waals surface area contributed by atoms with E-state index in [4.69, 9.17) is 4.42 Å². The molecule has 0 saturated carbocycles. The van der Waals surface area contributed by atoms with E-state index in [1.54, 1.807) is 6.20 Å². The Morgan fingerprint density at radius 2 is 2.33 bits per heavy atom. The quantitative estimate of drug-likeness (QED) is 0.869. The summed E-state index contributed by atoms with van der Waals surface area (Å²) < 4.78 is 28.4. The Bertz CT molecular complexity index is 493. The van der Waals surface area contributed by atoms with Crippen LogP contribution in [0.3, 0.4) is 0 Å². The Morgan fingerprint density at radius 1 is 1.56 bits per heavy atom. The second-order valence-electron chi connectivity index (χ2n) is 5.12. The summed E-state index contributed by atoms with van der Waals surface area (Å²) >= 11 is 0. The Balaban J connectivity index is 1.90. The van der Waals surface area contributed by atoms with Crippen LogP contribution in [0.15, 0.2) is 10.6 Å². The van der Waals surface area contributed by atoms with E-state index in [1.807, 2.05) is 0 Å². The van der Waals surface area contributed by atoms with E-state index >= 15 is 0 Å². The summed E-state index contributed by atoms with van der Waals surface area (Å²) in [7, 11) is -2.86. The summed E-state index contributed by atoms with van der Waals surface area (Å²) in [6.45, 7) is 5.00. The number of hydrogen-bond donors (Lipinski definition) is 1. The highest BCUT2D eigenvalue weighted by atomic mass is 32.2. The van der Waals surface area contributed by atoms with Gasteiger partial charge in [-0.1, -0.05) is 13.8 Å². The van der Waals surface area contributed by atoms with Crippen molar-refractivity contribution in [1.82, 2.24) is 10.3 Å². The molecule has 1 aromatic heterocycles. The zero-order chi connectivity index (χ0) is 13.2. The lowest BCUT2D eigenvalue weighted by molar-refractivity contribution is 0.424. The first-order valence-corrected chi connectivity index (χ1v) is 8.17. The van der Waals surface area contributed by atoms with Gasteiger partial charge in [0, 0.05) is 24.9 Å². The van der Waals surface area contributed by atoms with Gasteiger partial charge in [0.2, 0.25) is 0 Å². The maximum atomic E-state index is 11.4. The lowest BCUT2D eigenvalue weighted by Gasteiger charge is -2.05. The minimum atomic E-state index is -2.86. The Kier molecular flexibility index (Phi) is 4.07. The molecule has 2 heterocycles. The van der Waals surface area contributed by atoms with E-state index in [-0.39, 0.29) is 17.4 Å². The molecule has 0 bridgehead atoms. The van der Waals surface area contributed by atoms with Gasteiger partial charge in [-0.3, -0.25) is 0 Å². The highest BCUT2D eigenvalue weighted by Crippen LogP contribution is 2.29. The molecular weight excluding hydrogens is 252 g/mol. The third-order valence-corrected chi connectivity index (χ3v) is 4.87. The highest BCUT2D eigenvalue weighted by molar-refractivity contribution is 7.91. The van der Waals surface area contributed by atoms with Crippen molar-refractivity contribution in [2.45, 2.75) is 38.6 Å². The minimum absolute atomic E-state index is 0.00527. The van der Waals surface area contributed by atoms with Crippen LogP contribution in [0.1, 0.15) is 37.8 Å². The fourth-order valence-corrected chi connectivity index (χ4v) is 3.87. The number of nitrogens with one attached hydrogen (secondary N) is 1. The van der Waals surface area contributed by atoms with E-state index in [0.717, 1.165) is 18.7 Å². The Morgan fingerprint density at radius 3 is 2.94 bits per heavy atom. The first-order valence-electron chi connectivity index (χ1n) is 6.35. The molecule has 1 fully saturated rings. The smallest absolute Gasteiger partial charge is 0.195 e. The SMILES string of the molecule is CC(C)NCCc1ncc(C2CCS(=O)(=O)C2)o1. The molecule has 1 aliphatic rings. The maximum absolute atomic E-state index is 11.4. The van der Waals surface area contributed by atoms with Crippen molar-refractivity contribution in [2.24, 2.45) is 0 Å². The fraction of sp³-hybridized carbons (Fsp3) is 0.750. The molecule has 18 heavy (non-hydrogen) atoms. The van der Waals surface area contributed by atoms with Gasteiger partial charge in [0.05, 0.1) is 17.7 Å². The number of oxazole rings is 1. The second kappa shape index (κ2) is 5.40. The zero-order valence-corrected chi connectivity index (χ0v) is 11.7. The lowest BCUT2D eigenvalue weighted by Crippen LogP contribution is -2.24. The van der Waals surface area contributed by atoms with Crippen LogP contribution < -0.4 is 5.32 Å². The first kappa shape index (κ1) is 13.5. The second-order valence-corrected chi connectivity index (χ2v) is 7.34. The molecule has 6 heteroatoms. The average molecular weight is 272 g/mol. The van der Waals surface area contributed by atoms with Crippen LogP contribution >= 0.6 is 0 Å². The third kappa shape index (κ3) is 3.55. The van der Waals surface area contributed by atoms with Crippen LogP contribution in [0.5, 0.6) is 0 Å². The fourth-order valence-electron chi connectivity index (χ4n) is 2.12. The molecule has 1 saturated heterocycles. The van der Waals surface area contributed by atoms with Crippen LogP contribution in [-0.2, 0) is 16.3 Å². The van der Waals surface area contributed by atoms with Crippen LogP contribution in [0.4, 0.5) is 0 Å². The van der Waals surface area contributed by atoms with Crippen molar-refractivity contribution in [2.75, 3.05) is 18.1 Å². The summed E-state index contributed by atoms with van der Waals surface area (Å²) in [5.41, 5.74) is 0. The molecule has 1 aliphatic heterocycles. The number of aromatic nitrogens is 1. The van der Waals surface area contributed by atoms with E-state index < -0.39 is 9.84 Å². The summed E-state index contributed by atoms with van der Waals surface area (Å²) in [4.78, 5) is 4.20. The van der Waals surface area contributed by atoms with Crippen LogP contribution in [0, 0.1) is 0 Å². The minimum Gasteiger partial charge on any atom is -0.445 e. The van der Waals surface area contributed by atoms with Gasteiger partial charge in [-0.15, -0.1) is 0 Å². The molecule has 0 amide bonds. The molecular formula is C12H20N2O3S. The normalized spacial score (nSPS) is 22.7. The van der Waals surface area contributed by atoms with E-state index in [0.29, 0.717) is 18.4 Å². The van der Waals surface area contributed by atoms with E-state index in [2.05, 4.69) is 24.1 Å². The molecule has 2 rings (SSSR count). The Labute approximate surface area is 108 Å². The van der Waals surface area contributed by atoms with E-state index in [1.165, 1.54) is 0 Å². The molecule has 0 aliphatic carbocycles. The molecule has 5 nitrogen and oxygen atoms in total. The highest BCUT2D eigenvalue weighted by Gasteiger charge is 2.31. The van der Waals surface area contributed by atoms with Gasteiger partial charge >= 0.3 is 0 Å². The van der Waals surface area contributed by atoms with Crippen LogP contribution in [0.2, 0.25) is 0 Å². The third-order valence-electron chi connectivity index (χ3n) is 3.10. The van der Waals surface area contributed by atoms with Crippen LogP contribution in [0.25, 0.3) is 0 Å². The van der Waals surface area contributed by atoms with E-state index in [9.17, 15) is 8.42 Å². The first-order chi connectivity index (χ1) is 8.46. The van der Waals surface area contributed by atoms with Crippen molar-refractivity contribution in [1.29, 1.82) is 0 Å². The topological polar surface area (TPSA) is 72.2 Å². The van der Waals surface area contributed by atoms with Crippen molar-refractivity contribution < 1.29 is 12.8 Å². The summed E-state index contributed by atoms with van der Waals surface area (Å²) in [5.74, 6) is 1.86. The number of nitrogens with zero attached hydrogens (tertiary/aromatic N) is 1. The van der Waals surface area contributed by atoms with Gasteiger partial charge in [0.1, 0.15) is 5.76 Å². The maximum Gasteiger partial charge on any atom is 0.195 e. The lowest BCUT2D eigenvalue weighted by atomic mass is 10.1. The van der Waals surface area contributed by atoms with Gasteiger partial charge in [-0.2, -0.15) is 0 Å². The number of sulfone groups is 1. The van der Waals surface area contributed by atoms with Gasteiger partial charge in [-0.05, 0) is 6.42 Å². The zero-order valence-electron chi connectivity index (χ0n) is 10.8. The average Bonchev–Trinajstić information content (AvgIpc) is 2.84. The van der Waals surface area contributed by atoms with Crippen molar-refractivity contribution in [3.8, 4) is 0 Å². The summed E-state index contributed by atoms with van der Waals surface area (Å²) in [6, 6.07) is 0.444. The predicted molar refractivity (Wildman–Crippen MR) is 69.4 cm³/mol. The molecule has 1 N–H and O–H groups in total. The summed E-state index contributed by atoms with van der Waals surface area (Å²) in [6.07, 6.45) is 3.06. The monoisotopic (exact) mass is 272 g/mol. The molecule has 0 spiro atoms. The van der Waals surface area contributed by atoms with Gasteiger partial charge < -0.3 is 9.73 Å². The molecule has 1 atom stereocenters. The van der Waals surface area contributed by atoms with Crippen molar-refractivity contribution in [3.63, 3.8) is 0 Å². The molecule has 0 radical (unpaired) electrons. The molecule has 1 unspecified atom stereocenters. The van der Waals surface area contributed by atoms with Gasteiger partial charge in [0.15, 0.2) is 15.7 Å². The van der Waals surface area contributed by atoms with Crippen molar-refractivity contribution in [3.05, 3.63) is 17.8 Å². The van der Waals surface area contributed by atoms with Crippen LogP contribution in [-0.4, -0.2) is 37.5 Å².